The lowest BCUT2D eigenvalue weighted by Gasteiger charge is -2.13. The second kappa shape index (κ2) is 22.2. The summed E-state index contributed by atoms with van der Waals surface area (Å²) in [7, 11) is 1.81. The zero-order chi connectivity index (χ0) is 40.3. The standard InChI is InChI=1S/C27H20.C12H9NO.C7H10.C3H7N.2C2H6/c1-19-18-22(26-14-6-10-20-8-2-4-12-24(20)26)16-17-23(19)27-15-7-11-21-9-3-5-13-25(21)27;13-8-5-6-10-9-3-1-2-4-11(9)14-12(10)7-8;1-7-5-3-2-4-6-7;1-3-4-2;2*1-2/h2-18H,1H3;1-7H,13H2;2-3,5H,4,6H2,1H3;3-4H,1H2,2H3;2*1-2H3. The summed E-state index contributed by atoms with van der Waals surface area (Å²) in [5.41, 5.74) is 16.2. The highest BCUT2D eigenvalue weighted by Crippen LogP contribution is 2.35. The van der Waals surface area contributed by atoms with Gasteiger partial charge in [0.15, 0.2) is 0 Å². The average molecular weight is 739 g/mol. The molecule has 56 heavy (non-hydrogen) atoms. The Kier molecular flexibility index (Phi) is 16.8. The summed E-state index contributed by atoms with van der Waals surface area (Å²) in [5.74, 6) is 0. The third-order valence-electron chi connectivity index (χ3n) is 9.24. The maximum absolute atomic E-state index is 5.69. The van der Waals surface area contributed by atoms with E-state index in [0.717, 1.165) is 27.6 Å². The smallest absolute Gasteiger partial charge is 0.137 e. The van der Waals surface area contributed by atoms with E-state index in [1.807, 2.05) is 71.1 Å². The number of rotatable bonds is 3. The maximum atomic E-state index is 5.69. The first-order chi connectivity index (χ1) is 27.5. The molecule has 9 rings (SSSR count). The average Bonchev–Trinajstić information content (AvgIpc) is 3.63. The number of nitrogen functional groups attached to an aromatic ring is 1. The van der Waals surface area contributed by atoms with Crippen molar-refractivity contribution in [2.75, 3.05) is 12.8 Å². The fourth-order valence-electron chi connectivity index (χ4n) is 6.54. The number of fused-ring (bicyclic) bond motifs is 5. The highest BCUT2D eigenvalue weighted by molar-refractivity contribution is 6.05. The van der Waals surface area contributed by atoms with Gasteiger partial charge in [0.1, 0.15) is 11.2 Å². The number of aryl methyl sites for hydroxylation is 1. The molecule has 0 fully saturated rings. The first kappa shape index (κ1) is 42.4. The normalized spacial score (nSPS) is 11.2. The molecule has 8 aromatic rings. The van der Waals surface area contributed by atoms with Crippen LogP contribution in [0.15, 0.2) is 187 Å². The van der Waals surface area contributed by atoms with Crippen LogP contribution in [0.25, 0.3) is 65.7 Å². The molecule has 0 amide bonds. The Balaban J connectivity index is 0.000000199. The van der Waals surface area contributed by atoms with Crippen LogP contribution in [0.4, 0.5) is 5.69 Å². The van der Waals surface area contributed by atoms with E-state index in [-0.39, 0.29) is 0 Å². The second-order valence-corrected chi connectivity index (χ2v) is 12.9. The van der Waals surface area contributed by atoms with E-state index >= 15 is 0 Å². The minimum atomic E-state index is 0.733. The van der Waals surface area contributed by atoms with Gasteiger partial charge < -0.3 is 15.5 Å². The summed E-state index contributed by atoms with van der Waals surface area (Å²) in [6.45, 7) is 15.8. The molecular formula is C53H58N2O. The van der Waals surface area contributed by atoms with Crippen LogP contribution in [-0.4, -0.2) is 7.05 Å². The summed E-state index contributed by atoms with van der Waals surface area (Å²) in [4.78, 5) is 0. The van der Waals surface area contributed by atoms with Crippen molar-refractivity contribution in [2.24, 2.45) is 0 Å². The lowest BCUT2D eigenvalue weighted by atomic mass is 9.91. The number of benzene rings is 7. The zero-order valence-corrected chi connectivity index (χ0v) is 34.3. The van der Waals surface area contributed by atoms with Crippen LogP contribution < -0.4 is 11.1 Å². The fraction of sp³-hybridized carbons (Fsp3) is 0.170. The zero-order valence-electron chi connectivity index (χ0n) is 34.3. The number of nitrogens with one attached hydrogen (secondary N) is 1. The lowest BCUT2D eigenvalue weighted by Crippen LogP contribution is -1.88. The van der Waals surface area contributed by atoms with E-state index in [9.17, 15) is 0 Å². The van der Waals surface area contributed by atoms with E-state index in [1.54, 1.807) is 6.20 Å². The van der Waals surface area contributed by atoms with Gasteiger partial charge in [0.25, 0.3) is 0 Å². The summed E-state index contributed by atoms with van der Waals surface area (Å²) in [5, 5.41) is 10.1. The third kappa shape index (κ3) is 10.9. The van der Waals surface area contributed by atoms with E-state index in [4.69, 9.17) is 10.2 Å². The van der Waals surface area contributed by atoms with Gasteiger partial charge in [-0.1, -0.05) is 179 Å². The SMILES string of the molecule is C=CNC.CC.CC.CC1=CC=CCC1.Cc1cc(-c2cccc3ccccc23)ccc1-c1cccc2ccccc12.Nc1ccc2c(c1)oc1ccccc12. The molecule has 0 atom stereocenters. The molecule has 3 nitrogen and oxygen atoms in total. The topological polar surface area (TPSA) is 51.2 Å². The molecule has 0 saturated heterocycles. The molecule has 7 aromatic carbocycles. The molecule has 1 heterocycles. The fourth-order valence-corrected chi connectivity index (χ4v) is 6.54. The van der Waals surface area contributed by atoms with Gasteiger partial charge in [0, 0.05) is 29.6 Å². The van der Waals surface area contributed by atoms with Crippen molar-refractivity contribution in [3.63, 3.8) is 0 Å². The van der Waals surface area contributed by atoms with E-state index < -0.39 is 0 Å². The number of anilines is 1. The van der Waals surface area contributed by atoms with Crippen LogP contribution in [0.1, 0.15) is 53.0 Å². The summed E-state index contributed by atoms with van der Waals surface area (Å²) in [6.07, 6.45) is 10.6. The van der Waals surface area contributed by atoms with Gasteiger partial charge in [-0.05, 0) is 100 Å². The Labute approximate surface area is 334 Å². The Morgan fingerprint density at radius 2 is 1.14 bits per heavy atom. The van der Waals surface area contributed by atoms with Gasteiger partial charge in [-0.15, -0.1) is 0 Å². The predicted molar refractivity (Wildman–Crippen MR) is 249 cm³/mol. The molecule has 0 aliphatic heterocycles. The van der Waals surface area contributed by atoms with Crippen molar-refractivity contribution in [1.29, 1.82) is 0 Å². The molecule has 1 aromatic heterocycles. The van der Waals surface area contributed by atoms with Crippen LogP contribution in [0, 0.1) is 6.92 Å². The van der Waals surface area contributed by atoms with Crippen LogP contribution in [0.5, 0.6) is 0 Å². The third-order valence-corrected chi connectivity index (χ3v) is 9.24. The van der Waals surface area contributed by atoms with Crippen molar-refractivity contribution in [3.05, 3.63) is 188 Å². The first-order valence-corrected chi connectivity index (χ1v) is 19.8. The van der Waals surface area contributed by atoms with Crippen molar-refractivity contribution < 1.29 is 4.42 Å². The minimum absolute atomic E-state index is 0.733. The molecule has 3 heteroatoms. The van der Waals surface area contributed by atoms with Gasteiger partial charge in [-0.3, -0.25) is 0 Å². The van der Waals surface area contributed by atoms with Crippen molar-refractivity contribution in [2.45, 2.75) is 54.4 Å². The molecule has 286 valence electrons. The number of hydrogen-bond donors (Lipinski definition) is 2. The Hall–Kier alpha value is -6.32. The number of para-hydroxylation sites is 1. The highest BCUT2D eigenvalue weighted by Gasteiger charge is 2.10. The molecule has 0 saturated carbocycles. The monoisotopic (exact) mass is 738 g/mol. The number of allylic oxidation sites excluding steroid dienone is 4. The minimum Gasteiger partial charge on any atom is -0.456 e. The molecule has 0 spiro atoms. The van der Waals surface area contributed by atoms with Gasteiger partial charge >= 0.3 is 0 Å². The quantitative estimate of drug-likeness (QED) is 0.177. The van der Waals surface area contributed by atoms with Gasteiger partial charge in [-0.2, -0.15) is 0 Å². The first-order valence-electron chi connectivity index (χ1n) is 19.8. The van der Waals surface area contributed by atoms with Crippen LogP contribution >= 0.6 is 0 Å². The Bertz CT molecular complexity index is 2510. The van der Waals surface area contributed by atoms with Gasteiger partial charge in [0.05, 0.1) is 0 Å². The number of furan rings is 1. The Morgan fingerprint density at radius 1 is 0.589 bits per heavy atom. The molecule has 0 radical (unpaired) electrons. The molecule has 0 unspecified atom stereocenters. The van der Waals surface area contributed by atoms with Gasteiger partial charge in [-0.25, -0.2) is 0 Å². The van der Waals surface area contributed by atoms with Crippen molar-refractivity contribution in [1.82, 2.24) is 5.32 Å². The van der Waals surface area contributed by atoms with Crippen LogP contribution in [0.3, 0.4) is 0 Å². The summed E-state index contributed by atoms with van der Waals surface area (Å²) in [6, 6.07) is 50.9. The molecule has 0 bridgehead atoms. The van der Waals surface area contributed by atoms with Crippen LogP contribution in [-0.2, 0) is 0 Å². The molecule has 1 aliphatic carbocycles. The van der Waals surface area contributed by atoms with Crippen molar-refractivity contribution in [3.8, 4) is 22.3 Å². The summed E-state index contributed by atoms with van der Waals surface area (Å²) < 4.78 is 5.65. The van der Waals surface area contributed by atoms with E-state index in [0.29, 0.717) is 0 Å². The largest absolute Gasteiger partial charge is 0.456 e. The highest BCUT2D eigenvalue weighted by atomic mass is 16.3. The molecular weight excluding hydrogens is 681 g/mol. The lowest BCUT2D eigenvalue weighted by molar-refractivity contribution is 0.669. The maximum Gasteiger partial charge on any atom is 0.137 e. The van der Waals surface area contributed by atoms with Crippen molar-refractivity contribution >= 4 is 49.2 Å². The molecule has 3 N–H and O–H groups in total. The van der Waals surface area contributed by atoms with E-state index in [2.05, 4.69) is 153 Å². The number of nitrogens with two attached hydrogens (primary N) is 1. The number of hydrogen-bond acceptors (Lipinski definition) is 3. The van der Waals surface area contributed by atoms with E-state index in [1.165, 1.54) is 67.8 Å². The second-order valence-electron chi connectivity index (χ2n) is 12.9. The Morgan fingerprint density at radius 3 is 1.71 bits per heavy atom. The van der Waals surface area contributed by atoms with Crippen LogP contribution in [0.2, 0.25) is 0 Å². The van der Waals surface area contributed by atoms with Gasteiger partial charge in [0.2, 0.25) is 0 Å². The predicted octanol–water partition coefficient (Wildman–Crippen LogP) is 15.5. The summed E-state index contributed by atoms with van der Waals surface area (Å²) >= 11 is 0. The molecule has 1 aliphatic rings.